The minimum atomic E-state index is 0.731. The van der Waals surface area contributed by atoms with Gasteiger partial charge in [-0.3, -0.25) is 0 Å². The van der Waals surface area contributed by atoms with Crippen molar-refractivity contribution in [2.75, 3.05) is 6.26 Å². The maximum absolute atomic E-state index is 5.18. The van der Waals surface area contributed by atoms with E-state index in [9.17, 15) is 0 Å². The zero-order chi connectivity index (χ0) is 8.10. The second-order valence-electron chi connectivity index (χ2n) is 2.23. The SMILES string of the molecule is C#CCc1ccc(SC)cc1. The van der Waals surface area contributed by atoms with E-state index in [4.69, 9.17) is 6.42 Å². The Bertz CT molecular complexity index is 253. The summed E-state index contributed by atoms with van der Waals surface area (Å²) in [5.41, 5.74) is 1.21. The van der Waals surface area contributed by atoms with Crippen molar-refractivity contribution < 1.29 is 0 Å². The lowest BCUT2D eigenvalue weighted by Crippen LogP contribution is -1.79. The summed E-state index contributed by atoms with van der Waals surface area (Å²) in [5, 5.41) is 0. The quantitative estimate of drug-likeness (QED) is 0.476. The van der Waals surface area contributed by atoms with Crippen molar-refractivity contribution in [2.45, 2.75) is 11.3 Å². The first-order valence-electron chi connectivity index (χ1n) is 3.43. The van der Waals surface area contributed by atoms with Crippen molar-refractivity contribution in [3.05, 3.63) is 29.8 Å². The van der Waals surface area contributed by atoms with E-state index >= 15 is 0 Å². The normalized spacial score (nSPS) is 9.09. The molecule has 0 amide bonds. The maximum Gasteiger partial charge on any atom is 0.0337 e. The third-order valence-corrected chi connectivity index (χ3v) is 2.21. The van der Waals surface area contributed by atoms with Gasteiger partial charge in [-0.15, -0.1) is 24.1 Å². The van der Waals surface area contributed by atoms with Crippen LogP contribution in [0.15, 0.2) is 29.2 Å². The summed E-state index contributed by atoms with van der Waals surface area (Å²) in [6.07, 6.45) is 7.97. The molecule has 0 N–H and O–H groups in total. The second kappa shape index (κ2) is 4.10. The van der Waals surface area contributed by atoms with Crippen molar-refractivity contribution in [3.8, 4) is 12.3 Å². The van der Waals surface area contributed by atoms with Gasteiger partial charge in [0.25, 0.3) is 0 Å². The van der Waals surface area contributed by atoms with Gasteiger partial charge in [0.2, 0.25) is 0 Å². The molecule has 11 heavy (non-hydrogen) atoms. The van der Waals surface area contributed by atoms with Gasteiger partial charge >= 0.3 is 0 Å². The lowest BCUT2D eigenvalue weighted by molar-refractivity contribution is 1.29. The van der Waals surface area contributed by atoms with E-state index in [0.29, 0.717) is 0 Å². The summed E-state index contributed by atoms with van der Waals surface area (Å²) < 4.78 is 0. The van der Waals surface area contributed by atoms with E-state index in [1.54, 1.807) is 11.8 Å². The highest BCUT2D eigenvalue weighted by molar-refractivity contribution is 7.98. The minimum Gasteiger partial charge on any atom is -0.130 e. The van der Waals surface area contributed by atoms with Crippen LogP contribution in [0, 0.1) is 12.3 Å². The number of hydrogen-bond donors (Lipinski definition) is 0. The molecule has 0 nitrogen and oxygen atoms in total. The largest absolute Gasteiger partial charge is 0.130 e. The molecule has 0 bridgehead atoms. The Morgan fingerprint density at radius 2 is 2.00 bits per heavy atom. The van der Waals surface area contributed by atoms with Crippen molar-refractivity contribution in [1.29, 1.82) is 0 Å². The fraction of sp³-hybridized carbons (Fsp3) is 0.200. The Morgan fingerprint density at radius 3 is 2.45 bits per heavy atom. The predicted octanol–water partition coefficient (Wildman–Crippen LogP) is 2.58. The number of hydrogen-bond acceptors (Lipinski definition) is 1. The van der Waals surface area contributed by atoms with Crippen LogP contribution < -0.4 is 0 Å². The first-order valence-corrected chi connectivity index (χ1v) is 4.65. The fourth-order valence-electron chi connectivity index (χ4n) is 0.861. The Morgan fingerprint density at radius 1 is 1.36 bits per heavy atom. The molecule has 0 spiro atoms. The van der Waals surface area contributed by atoms with Gasteiger partial charge in [0.1, 0.15) is 0 Å². The van der Waals surface area contributed by atoms with Gasteiger partial charge in [0, 0.05) is 11.3 Å². The second-order valence-corrected chi connectivity index (χ2v) is 3.11. The molecule has 0 aliphatic rings. The molecule has 0 aliphatic heterocycles. The molecular formula is C10H10S. The summed E-state index contributed by atoms with van der Waals surface area (Å²) in [5.74, 6) is 2.61. The van der Waals surface area contributed by atoms with Crippen LogP contribution >= 0.6 is 11.8 Å². The molecule has 1 aromatic carbocycles. The fourth-order valence-corrected chi connectivity index (χ4v) is 1.27. The zero-order valence-electron chi connectivity index (χ0n) is 6.50. The Kier molecular flexibility index (Phi) is 3.07. The van der Waals surface area contributed by atoms with E-state index < -0.39 is 0 Å². The van der Waals surface area contributed by atoms with Gasteiger partial charge in [-0.1, -0.05) is 12.1 Å². The van der Waals surface area contributed by atoms with Crippen LogP contribution in [-0.4, -0.2) is 6.26 Å². The van der Waals surface area contributed by atoms with Crippen LogP contribution in [0.2, 0.25) is 0 Å². The summed E-state index contributed by atoms with van der Waals surface area (Å²) in [6.45, 7) is 0. The molecule has 0 radical (unpaired) electrons. The molecular weight excluding hydrogens is 152 g/mol. The summed E-state index contributed by atoms with van der Waals surface area (Å²) in [7, 11) is 0. The monoisotopic (exact) mass is 162 g/mol. The molecule has 1 aromatic rings. The number of rotatable bonds is 2. The highest BCUT2D eigenvalue weighted by Crippen LogP contribution is 2.14. The van der Waals surface area contributed by atoms with E-state index in [1.807, 2.05) is 0 Å². The van der Waals surface area contributed by atoms with Crippen LogP contribution in [0.25, 0.3) is 0 Å². The zero-order valence-corrected chi connectivity index (χ0v) is 7.32. The van der Waals surface area contributed by atoms with Crippen molar-refractivity contribution >= 4 is 11.8 Å². The Balaban J connectivity index is 2.76. The van der Waals surface area contributed by atoms with E-state index in [2.05, 4.69) is 36.4 Å². The van der Waals surface area contributed by atoms with E-state index in [1.165, 1.54) is 10.5 Å². The number of benzene rings is 1. The van der Waals surface area contributed by atoms with Gasteiger partial charge < -0.3 is 0 Å². The first kappa shape index (κ1) is 8.23. The van der Waals surface area contributed by atoms with Crippen LogP contribution in [0.5, 0.6) is 0 Å². The molecule has 0 aromatic heterocycles. The van der Waals surface area contributed by atoms with Crippen LogP contribution in [0.4, 0.5) is 0 Å². The lowest BCUT2D eigenvalue weighted by Gasteiger charge is -1.96. The topological polar surface area (TPSA) is 0 Å². The summed E-state index contributed by atoms with van der Waals surface area (Å²) >= 11 is 1.74. The predicted molar refractivity (Wildman–Crippen MR) is 50.8 cm³/mol. The van der Waals surface area contributed by atoms with Gasteiger partial charge in [-0.2, -0.15) is 0 Å². The van der Waals surface area contributed by atoms with Crippen molar-refractivity contribution in [1.82, 2.24) is 0 Å². The van der Waals surface area contributed by atoms with Crippen molar-refractivity contribution in [3.63, 3.8) is 0 Å². The average Bonchev–Trinajstić information content (AvgIpc) is 2.07. The maximum atomic E-state index is 5.18. The molecule has 1 rings (SSSR count). The molecule has 0 aliphatic carbocycles. The van der Waals surface area contributed by atoms with E-state index in [-0.39, 0.29) is 0 Å². The lowest BCUT2D eigenvalue weighted by atomic mass is 10.2. The highest BCUT2D eigenvalue weighted by atomic mass is 32.2. The number of terminal acetylenes is 1. The van der Waals surface area contributed by atoms with E-state index in [0.717, 1.165) is 6.42 Å². The van der Waals surface area contributed by atoms with Gasteiger partial charge in [-0.05, 0) is 24.0 Å². The van der Waals surface area contributed by atoms with Crippen LogP contribution in [-0.2, 0) is 6.42 Å². The van der Waals surface area contributed by atoms with Gasteiger partial charge in [0.15, 0.2) is 0 Å². The Hall–Kier alpha value is -0.870. The summed E-state index contributed by atoms with van der Waals surface area (Å²) in [6, 6.07) is 8.34. The smallest absolute Gasteiger partial charge is 0.0337 e. The number of thioether (sulfide) groups is 1. The third-order valence-electron chi connectivity index (χ3n) is 1.47. The molecule has 0 heterocycles. The molecule has 0 unspecified atom stereocenters. The minimum absolute atomic E-state index is 0.731. The Labute approximate surface area is 72.0 Å². The third kappa shape index (κ3) is 2.32. The molecule has 0 saturated heterocycles. The highest BCUT2D eigenvalue weighted by Gasteiger charge is 1.90. The molecule has 0 saturated carbocycles. The summed E-state index contributed by atoms with van der Waals surface area (Å²) in [4.78, 5) is 1.28. The molecule has 56 valence electrons. The molecule has 0 fully saturated rings. The van der Waals surface area contributed by atoms with Gasteiger partial charge in [0.05, 0.1) is 0 Å². The van der Waals surface area contributed by atoms with Crippen molar-refractivity contribution in [2.24, 2.45) is 0 Å². The van der Waals surface area contributed by atoms with Crippen LogP contribution in [0.3, 0.4) is 0 Å². The standard InChI is InChI=1S/C10H10S/c1-3-4-9-5-7-10(11-2)8-6-9/h1,5-8H,4H2,2H3. The first-order chi connectivity index (χ1) is 5.36. The average molecular weight is 162 g/mol. The van der Waals surface area contributed by atoms with Gasteiger partial charge in [-0.25, -0.2) is 0 Å². The molecule has 0 atom stereocenters. The molecule has 1 heteroatoms. The van der Waals surface area contributed by atoms with Crippen LogP contribution in [0.1, 0.15) is 5.56 Å².